The third-order valence-electron chi connectivity index (χ3n) is 4.86. The van der Waals surface area contributed by atoms with E-state index in [4.69, 9.17) is 0 Å². The molecule has 0 aromatic heterocycles. The van der Waals surface area contributed by atoms with Crippen LogP contribution in [0.25, 0.3) is 0 Å². The van der Waals surface area contributed by atoms with Gasteiger partial charge in [-0.2, -0.15) is 0 Å². The molecule has 0 amide bonds. The Morgan fingerprint density at radius 2 is 1.94 bits per heavy atom. The van der Waals surface area contributed by atoms with Gasteiger partial charge in [0.15, 0.2) is 0 Å². The van der Waals surface area contributed by atoms with Crippen molar-refractivity contribution >= 4 is 5.69 Å². The van der Waals surface area contributed by atoms with Crippen molar-refractivity contribution in [3.05, 3.63) is 29.3 Å². The molecule has 1 spiro atoms. The van der Waals surface area contributed by atoms with E-state index in [1.54, 1.807) is 0 Å². The molecule has 1 fully saturated rings. The number of nitrogens with one attached hydrogen (secondary N) is 1. The zero-order valence-corrected chi connectivity index (χ0v) is 11.1. The summed E-state index contributed by atoms with van der Waals surface area (Å²) in [5.41, 5.74) is 4.71. The molecule has 1 saturated carbocycles. The summed E-state index contributed by atoms with van der Waals surface area (Å²) in [4.78, 5) is 0. The Morgan fingerprint density at radius 3 is 2.71 bits per heavy atom. The highest BCUT2D eigenvalue weighted by atomic mass is 15.0. The Hall–Kier alpha value is -0.980. The lowest BCUT2D eigenvalue weighted by Crippen LogP contribution is -2.49. The lowest BCUT2D eigenvalue weighted by Gasteiger charge is -2.47. The van der Waals surface area contributed by atoms with E-state index in [9.17, 15) is 0 Å². The van der Waals surface area contributed by atoms with Crippen LogP contribution < -0.4 is 5.32 Å². The number of anilines is 1. The molecule has 1 N–H and O–H groups in total. The molecular weight excluding hydrogens is 206 g/mol. The van der Waals surface area contributed by atoms with Crippen molar-refractivity contribution in [3.8, 4) is 0 Å². The van der Waals surface area contributed by atoms with Crippen molar-refractivity contribution in [3.63, 3.8) is 0 Å². The minimum absolute atomic E-state index is 0.403. The van der Waals surface area contributed by atoms with Gasteiger partial charge in [0.2, 0.25) is 0 Å². The molecule has 17 heavy (non-hydrogen) atoms. The molecule has 1 aliphatic heterocycles. The molecular formula is C16H23N. The third-order valence-corrected chi connectivity index (χ3v) is 4.86. The van der Waals surface area contributed by atoms with E-state index in [2.05, 4.69) is 37.4 Å². The average molecular weight is 229 g/mol. The second-order valence-electron chi connectivity index (χ2n) is 6.11. The van der Waals surface area contributed by atoms with Crippen LogP contribution >= 0.6 is 0 Å². The van der Waals surface area contributed by atoms with E-state index in [0.717, 1.165) is 5.92 Å². The molecule has 0 bridgehead atoms. The Bertz CT molecular complexity index is 416. The van der Waals surface area contributed by atoms with Crippen LogP contribution in [-0.4, -0.2) is 5.54 Å². The van der Waals surface area contributed by atoms with Crippen molar-refractivity contribution in [1.29, 1.82) is 0 Å². The molecule has 2 aliphatic rings. The van der Waals surface area contributed by atoms with E-state index in [-0.39, 0.29) is 0 Å². The number of fused-ring (bicyclic) bond motifs is 1. The zero-order chi connectivity index (χ0) is 11.9. The van der Waals surface area contributed by atoms with Crippen LogP contribution in [0.4, 0.5) is 5.69 Å². The predicted molar refractivity (Wildman–Crippen MR) is 73.5 cm³/mol. The van der Waals surface area contributed by atoms with Crippen molar-refractivity contribution in [2.24, 2.45) is 5.92 Å². The molecule has 1 atom stereocenters. The maximum Gasteiger partial charge on any atom is 0.0402 e. The average Bonchev–Trinajstić information content (AvgIpc) is 2.33. The summed E-state index contributed by atoms with van der Waals surface area (Å²) >= 11 is 0. The van der Waals surface area contributed by atoms with Crippen LogP contribution in [0, 0.1) is 12.8 Å². The van der Waals surface area contributed by atoms with Crippen molar-refractivity contribution in [2.45, 2.75) is 57.9 Å². The van der Waals surface area contributed by atoms with Gasteiger partial charge in [0.05, 0.1) is 0 Å². The molecule has 3 rings (SSSR count). The first-order valence-electron chi connectivity index (χ1n) is 7.07. The van der Waals surface area contributed by atoms with E-state index in [0.29, 0.717) is 5.54 Å². The van der Waals surface area contributed by atoms with E-state index in [1.165, 1.54) is 55.3 Å². The maximum atomic E-state index is 3.89. The molecule has 1 heteroatoms. The first-order valence-corrected chi connectivity index (χ1v) is 7.07. The lowest BCUT2D eigenvalue weighted by atomic mass is 9.69. The summed E-state index contributed by atoms with van der Waals surface area (Å²) in [7, 11) is 0. The largest absolute Gasteiger partial charge is 0.379 e. The Labute approximate surface area is 105 Å². The summed E-state index contributed by atoms with van der Waals surface area (Å²) < 4.78 is 0. The summed E-state index contributed by atoms with van der Waals surface area (Å²) in [5.74, 6) is 0.775. The molecule has 1 nitrogen and oxygen atoms in total. The molecule has 1 unspecified atom stereocenters. The molecule has 1 heterocycles. The number of rotatable bonds is 0. The Morgan fingerprint density at radius 1 is 1.18 bits per heavy atom. The first kappa shape index (κ1) is 11.1. The topological polar surface area (TPSA) is 12.0 Å². The summed E-state index contributed by atoms with van der Waals surface area (Å²) in [5, 5.41) is 3.89. The Kier molecular flexibility index (Phi) is 2.65. The number of hydrogen-bond acceptors (Lipinski definition) is 1. The summed E-state index contributed by atoms with van der Waals surface area (Å²) in [6.07, 6.45) is 8.21. The quantitative estimate of drug-likeness (QED) is 0.699. The third kappa shape index (κ3) is 1.86. The number of hydrogen-bond donors (Lipinski definition) is 1. The minimum Gasteiger partial charge on any atom is -0.379 e. The van der Waals surface area contributed by atoms with Gasteiger partial charge in [-0.15, -0.1) is 0 Å². The maximum absolute atomic E-state index is 3.89. The van der Waals surface area contributed by atoms with Gasteiger partial charge >= 0.3 is 0 Å². The van der Waals surface area contributed by atoms with Gasteiger partial charge in [0, 0.05) is 11.2 Å². The fourth-order valence-corrected chi connectivity index (χ4v) is 3.73. The molecule has 1 aromatic rings. The zero-order valence-electron chi connectivity index (χ0n) is 11.1. The molecule has 0 saturated heterocycles. The fourth-order valence-electron chi connectivity index (χ4n) is 3.73. The van der Waals surface area contributed by atoms with Crippen LogP contribution in [0.5, 0.6) is 0 Å². The second kappa shape index (κ2) is 4.04. The van der Waals surface area contributed by atoms with E-state index >= 15 is 0 Å². The van der Waals surface area contributed by atoms with Crippen LogP contribution in [0.3, 0.4) is 0 Å². The summed E-state index contributed by atoms with van der Waals surface area (Å²) in [6, 6.07) is 6.87. The van der Waals surface area contributed by atoms with Crippen LogP contribution in [0.1, 0.15) is 50.2 Å². The fraction of sp³-hybridized carbons (Fsp3) is 0.625. The second-order valence-corrected chi connectivity index (χ2v) is 6.11. The minimum atomic E-state index is 0.403. The first-order chi connectivity index (χ1) is 8.20. The van der Waals surface area contributed by atoms with Gasteiger partial charge in [-0.1, -0.05) is 43.9 Å². The highest BCUT2D eigenvalue weighted by Crippen LogP contribution is 2.43. The highest BCUT2D eigenvalue weighted by Gasteiger charge is 2.40. The molecule has 1 aliphatic carbocycles. The highest BCUT2D eigenvalue weighted by molar-refractivity contribution is 5.57. The molecule has 1 aromatic carbocycles. The van der Waals surface area contributed by atoms with Gasteiger partial charge < -0.3 is 5.32 Å². The SMILES string of the molecule is Cc1ccc2c(c1)CC(C)C1(CCCCC1)N2. The van der Waals surface area contributed by atoms with Crippen LogP contribution in [0.2, 0.25) is 0 Å². The van der Waals surface area contributed by atoms with E-state index in [1.807, 2.05) is 0 Å². The number of benzene rings is 1. The standard InChI is InChI=1S/C16H23N/c1-12-6-7-15-14(10-12)11-13(2)16(17-15)8-4-3-5-9-16/h6-7,10,13,17H,3-5,8-9,11H2,1-2H3. The smallest absolute Gasteiger partial charge is 0.0402 e. The van der Waals surface area contributed by atoms with E-state index < -0.39 is 0 Å². The van der Waals surface area contributed by atoms with Gasteiger partial charge in [-0.3, -0.25) is 0 Å². The van der Waals surface area contributed by atoms with Crippen molar-refractivity contribution in [1.82, 2.24) is 0 Å². The van der Waals surface area contributed by atoms with Gasteiger partial charge in [-0.05, 0) is 43.7 Å². The van der Waals surface area contributed by atoms with Crippen LogP contribution in [0.15, 0.2) is 18.2 Å². The Balaban J connectivity index is 1.94. The van der Waals surface area contributed by atoms with Gasteiger partial charge in [0.25, 0.3) is 0 Å². The van der Waals surface area contributed by atoms with Crippen molar-refractivity contribution < 1.29 is 0 Å². The van der Waals surface area contributed by atoms with Gasteiger partial charge in [0.1, 0.15) is 0 Å². The molecule has 0 radical (unpaired) electrons. The molecule has 92 valence electrons. The predicted octanol–water partition coefficient (Wildman–Crippen LogP) is 4.30. The number of aryl methyl sites for hydroxylation is 1. The summed E-state index contributed by atoms with van der Waals surface area (Å²) in [6.45, 7) is 4.62. The van der Waals surface area contributed by atoms with Crippen LogP contribution in [-0.2, 0) is 6.42 Å². The lowest BCUT2D eigenvalue weighted by molar-refractivity contribution is 0.225. The van der Waals surface area contributed by atoms with Gasteiger partial charge in [-0.25, -0.2) is 0 Å². The normalized spacial score (nSPS) is 26.4. The van der Waals surface area contributed by atoms with Crippen molar-refractivity contribution in [2.75, 3.05) is 5.32 Å². The monoisotopic (exact) mass is 229 g/mol.